The lowest BCUT2D eigenvalue weighted by Crippen LogP contribution is -2.16. The Morgan fingerprint density at radius 1 is 1.21 bits per heavy atom. The standard InChI is InChI=1S/C18H12BrClF3NO5/c1-28-8-15(17(26)27)29-14-3-2-11(20)7-13(14)16(25)24-12-5-9(18(21,22)23)4-10(19)6-12/h2-8H,1H3,(H,24,25)(H,26,27). The molecule has 0 aromatic heterocycles. The zero-order valence-corrected chi connectivity index (χ0v) is 16.9. The lowest BCUT2D eigenvalue weighted by atomic mass is 10.1. The molecule has 0 bridgehead atoms. The van der Waals surface area contributed by atoms with Gasteiger partial charge in [0, 0.05) is 15.2 Å². The highest BCUT2D eigenvalue weighted by Gasteiger charge is 2.31. The number of anilines is 1. The van der Waals surface area contributed by atoms with Crippen LogP contribution in [0.3, 0.4) is 0 Å². The first-order chi connectivity index (χ1) is 13.5. The van der Waals surface area contributed by atoms with Crippen LogP contribution in [0.25, 0.3) is 0 Å². The molecule has 154 valence electrons. The molecule has 0 atom stereocenters. The zero-order chi connectivity index (χ0) is 21.8. The van der Waals surface area contributed by atoms with E-state index in [1.807, 2.05) is 0 Å². The third-order valence-electron chi connectivity index (χ3n) is 3.32. The largest absolute Gasteiger partial charge is 0.500 e. The Kier molecular flexibility index (Phi) is 7.15. The van der Waals surface area contributed by atoms with Crippen LogP contribution in [-0.2, 0) is 15.7 Å². The summed E-state index contributed by atoms with van der Waals surface area (Å²) in [5.74, 6) is -3.14. The number of alkyl halides is 3. The number of benzene rings is 2. The fraction of sp³-hybridized carbons (Fsp3) is 0.111. The molecule has 0 aliphatic carbocycles. The van der Waals surface area contributed by atoms with Crippen molar-refractivity contribution in [2.24, 2.45) is 0 Å². The molecule has 0 aliphatic rings. The van der Waals surface area contributed by atoms with Gasteiger partial charge in [0.25, 0.3) is 5.91 Å². The van der Waals surface area contributed by atoms with Crippen LogP contribution in [0.1, 0.15) is 15.9 Å². The summed E-state index contributed by atoms with van der Waals surface area (Å²) in [7, 11) is 1.20. The van der Waals surface area contributed by atoms with Gasteiger partial charge < -0.3 is 19.9 Å². The smallest absolute Gasteiger partial charge is 0.416 e. The Hall–Kier alpha value is -2.72. The molecule has 1 amide bonds. The highest BCUT2D eigenvalue weighted by atomic mass is 79.9. The van der Waals surface area contributed by atoms with Gasteiger partial charge >= 0.3 is 12.1 Å². The Morgan fingerprint density at radius 3 is 2.48 bits per heavy atom. The topological polar surface area (TPSA) is 84.9 Å². The highest BCUT2D eigenvalue weighted by molar-refractivity contribution is 9.10. The minimum atomic E-state index is -4.62. The van der Waals surface area contributed by atoms with E-state index in [9.17, 15) is 22.8 Å². The van der Waals surface area contributed by atoms with Crippen LogP contribution in [0.4, 0.5) is 18.9 Å². The second-order valence-corrected chi connectivity index (χ2v) is 6.80. The third-order valence-corrected chi connectivity index (χ3v) is 4.02. The van der Waals surface area contributed by atoms with Gasteiger partial charge in [0.15, 0.2) is 0 Å². The van der Waals surface area contributed by atoms with Crippen molar-refractivity contribution in [2.45, 2.75) is 6.18 Å². The van der Waals surface area contributed by atoms with Gasteiger partial charge in [-0.3, -0.25) is 4.79 Å². The predicted octanol–water partition coefficient (Wildman–Crippen LogP) is 5.32. The van der Waals surface area contributed by atoms with Crippen LogP contribution in [-0.4, -0.2) is 24.1 Å². The Bertz CT molecular complexity index is 978. The van der Waals surface area contributed by atoms with Crippen LogP contribution in [0.2, 0.25) is 5.02 Å². The van der Waals surface area contributed by atoms with Gasteiger partial charge in [0.2, 0.25) is 5.76 Å². The predicted molar refractivity (Wildman–Crippen MR) is 102 cm³/mol. The van der Waals surface area contributed by atoms with Crippen molar-refractivity contribution in [3.8, 4) is 5.75 Å². The monoisotopic (exact) mass is 493 g/mol. The first-order valence-corrected chi connectivity index (χ1v) is 8.81. The number of nitrogens with one attached hydrogen (secondary N) is 1. The van der Waals surface area contributed by atoms with Gasteiger partial charge in [0.1, 0.15) is 12.0 Å². The number of hydrogen-bond acceptors (Lipinski definition) is 4. The molecule has 2 rings (SSSR count). The quantitative estimate of drug-likeness (QED) is 0.419. The second kappa shape index (κ2) is 9.19. The molecule has 11 heteroatoms. The number of carbonyl (C=O) groups is 2. The van der Waals surface area contributed by atoms with E-state index in [0.29, 0.717) is 0 Å². The molecular formula is C18H12BrClF3NO5. The first-order valence-electron chi connectivity index (χ1n) is 7.64. The average Bonchev–Trinajstić information content (AvgIpc) is 2.61. The van der Waals surface area contributed by atoms with E-state index < -0.39 is 29.4 Å². The molecule has 0 fully saturated rings. The fourth-order valence-electron chi connectivity index (χ4n) is 2.14. The molecule has 0 saturated carbocycles. The van der Waals surface area contributed by atoms with Gasteiger partial charge in [-0.05, 0) is 36.4 Å². The minimum Gasteiger partial charge on any atom is -0.500 e. The van der Waals surface area contributed by atoms with Crippen molar-refractivity contribution in [3.05, 3.63) is 69.0 Å². The van der Waals surface area contributed by atoms with Crippen molar-refractivity contribution >= 4 is 45.1 Å². The summed E-state index contributed by atoms with van der Waals surface area (Å²) in [6.07, 6.45) is -3.81. The van der Waals surface area contributed by atoms with E-state index in [2.05, 4.69) is 26.0 Å². The van der Waals surface area contributed by atoms with E-state index in [-0.39, 0.29) is 26.5 Å². The number of ether oxygens (including phenoxy) is 2. The summed E-state index contributed by atoms with van der Waals surface area (Å²) in [4.78, 5) is 23.8. The molecule has 0 radical (unpaired) electrons. The zero-order valence-electron chi connectivity index (χ0n) is 14.5. The van der Waals surface area contributed by atoms with Crippen molar-refractivity contribution in [1.29, 1.82) is 0 Å². The molecule has 2 N–H and O–H groups in total. The molecule has 29 heavy (non-hydrogen) atoms. The summed E-state index contributed by atoms with van der Waals surface area (Å²) in [5.41, 5.74) is -1.32. The van der Waals surface area contributed by atoms with Crippen molar-refractivity contribution in [2.75, 3.05) is 12.4 Å². The fourth-order valence-corrected chi connectivity index (χ4v) is 2.80. The summed E-state index contributed by atoms with van der Waals surface area (Å²) in [5, 5.41) is 11.5. The number of halogens is 5. The molecular weight excluding hydrogens is 483 g/mol. The molecule has 0 saturated heterocycles. The van der Waals surface area contributed by atoms with E-state index in [0.717, 1.165) is 18.4 Å². The van der Waals surface area contributed by atoms with Crippen molar-refractivity contribution in [3.63, 3.8) is 0 Å². The molecule has 0 aliphatic heterocycles. The number of hydrogen-bond donors (Lipinski definition) is 2. The van der Waals surface area contributed by atoms with Gasteiger partial charge in [-0.2, -0.15) is 13.2 Å². The van der Waals surface area contributed by atoms with Crippen molar-refractivity contribution in [1.82, 2.24) is 0 Å². The third kappa shape index (κ3) is 6.13. The van der Waals surface area contributed by atoms with Crippen LogP contribution >= 0.6 is 27.5 Å². The van der Waals surface area contributed by atoms with E-state index in [1.54, 1.807) is 0 Å². The van der Waals surface area contributed by atoms with Gasteiger partial charge in [-0.15, -0.1) is 0 Å². The molecule has 0 heterocycles. The number of aliphatic carboxylic acids is 1. The second-order valence-electron chi connectivity index (χ2n) is 5.45. The lowest BCUT2D eigenvalue weighted by molar-refractivity contribution is -0.137. The molecule has 2 aromatic carbocycles. The summed E-state index contributed by atoms with van der Waals surface area (Å²) >= 11 is 8.85. The average molecular weight is 495 g/mol. The Labute approximate surface area is 176 Å². The number of carboxylic acids is 1. The first kappa shape index (κ1) is 22.6. The molecule has 0 spiro atoms. The number of carboxylic acid groups (broad SMARTS) is 1. The number of amides is 1. The van der Waals surface area contributed by atoms with E-state index in [1.165, 1.54) is 31.4 Å². The SMILES string of the molecule is COC=C(Oc1ccc(Cl)cc1C(=O)Nc1cc(Br)cc(C(F)(F)F)c1)C(=O)O. The summed E-state index contributed by atoms with van der Waals surface area (Å²) in [6.45, 7) is 0. The van der Waals surface area contributed by atoms with E-state index >= 15 is 0 Å². The maximum absolute atomic E-state index is 13.0. The van der Waals surface area contributed by atoms with Crippen LogP contribution in [0.5, 0.6) is 5.75 Å². The van der Waals surface area contributed by atoms with E-state index in [4.69, 9.17) is 21.4 Å². The number of rotatable bonds is 6. The van der Waals surface area contributed by atoms with Gasteiger partial charge in [0.05, 0.1) is 18.2 Å². The maximum atomic E-state index is 13.0. The number of methoxy groups -OCH3 is 1. The summed E-state index contributed by atoms with van der Waals surface area (Å²) < 4.78 is 48.8. The van der Waals surface area contributed by atoms with Crippen LogP contribution in [0, 0.1) is 0 Å². The van der Waals surface area contributed by atoms with Crippen LogP contribution < -0.4 is 10.1 Å². The minimum absolute atomic E-state index is 0.0985. The van der Waals surface area contributed by atoms with Crippen molar-refractivity contribution < 1.29 is 37.3 Å². The normalized spacial score (nSPS) is 11.7. The Balaban J connectivity index is 2.39. The maximum Gasteiger partial charge on any atom is 0.416 e. The highest BCUT2D eigenvalue weighted by Crippen LogP contribution is 2.34. The Morgan fingerprint density at radius 2 is 1.90 bits per heavy atom. The molecule has 6 nitrogen and oxygen atoms in total. The lowest BCUT2D eigenvalue weighted by Gasteiger charge is -2.14. The van der Waals surface area contributed by atoms with Gasteiger partial charge in [-0.25, -0.2) is 4.79 Å². The van der Waals surface area contributed by atoms with Gasteiger partial charge in [-0.1, -0.05) is 27.5 Å². The molecule has 0 unspecified atom stereocenters. The van der Waals surface area contributed by atoms with Crippen LogP contribution in [0.15, 0.2) is 52.9 Å². The number of carbonyl (C=O) groups excluding carboxylic acids is 1. The molecule has 2 aromatic rings. The summed E-state index contributed by atoms with van der Waals surface area (Å²) in [6, 6.07) is 6.65.